The molecule has 13 heteroatoms. The number of carbonyl (C=O) groups is 1. The molecule has 2 N–H and O–H groups in total. The van der Waals surface area contributed by atoms with Crippen LogP contribution in [0.15, 0.2) is 29.1 Å². The molecule has 1 amide bonds. The molecular weight excluding hydrogens is 523 g/mol. The summed E-state index contributed by atoms with van der Waals surface area (Å²) in [7, 11) is 0. The monoisotopic (exact) mass is 549 g/mol. The first-order valence-electron chi connectivity index (χ1n) is 12.5. The molecule has 1 fully saturated rings. The predicted octanol–water partition coefficient (Wildman–Crippen LogP) is 3.74. The van der Waals surface area contributed by atoms with Crippen molar-refractivity contribution in [3.05, 3.63) is 56.7 Å². The van der Waals surface area contributed by atoms with Gasteiger partial charge in [-0.3, -0.25) is 9.59 Å². The second-order valence-electron chi connectivity index (χ2n) is 9.29. The third-order valence-corrected chi connectivity index (χ3v) is 7.11. The van der Waals surface area contributed by atoms with Crippen LogP contribution in [0.2, 0.25) is 5.02 Å². The van der Waals surface area contributed by atoms with Crippen LogP contribution in [-0.4, -0.2) is 51.3 Å². The third-order valence-electron chi connectivity index (χ3n) is 6.79. The van der Waals surface area contributed by atoms with E-state index in [0.29, 0.717) is 49.8 Å². The number of hydrogen-bond acceptors (Lipinski definition) is 6. The molecule has 202 valence electrons. The zero-order valence-electron chi connectivity index (χ0n) is 20.7. The van der Waals surface area contributed by atoms with Gasteiger partial charge in [-0.15, -0.1) is 5.10 Å². The fourth-order valence-corrected chi connectivity index (χ4v) is 5.18. The molecule has 1 aromatic carbocycles. The van der Waals surface area contributed by atoms with Gasteiger partial charge in [0.05, 0.1) is 22.0 Å². The van der Waals surface area contributed by atoms with Crippen molar-refractivity contribution in [3.63, 3.8) is 0 Å². The number of anilines is 2. The molecule has 0 unspecified atom stereocenters. The molecule has 2 aromatic heterocycles. The first-order valence-corrected chi connectivity index (χ1v) is 12.9. The normalized spacial score (nSPS) is 16.2. The van der Waals surface area contributed by atoms with Gasteiger partial charge in [0, 0.05) is 26.2 Å². The minimum Gasteiger partial charge on any atom is -0.363 e. The Morgan fingerprint density at radius 3 is 2.63 bits per heavy atom. The molecule has 1 aliphatic heterocycles. The van der Waals surface area contributed by atoms with Gasteiger partial charge < -0.3 is 20.1 Å². The van der Waals surface area contributed by atoms with Gasteiger partial charge in [0.2, 0.25) is 11.7 Å². The van der Waals surface area contributed by atoms with Crippen LogP contribution in [-0.2, 0) is 23.9 Å². The number of nitrogens with one attached hydrogen (secondary N) is 2. The van der Waals surface area contributed by atoms with Crippen LogP contribution >= 0.6 is 11.6 Å². The highest BCUT2D eigenvalue weighted by molar-refractivity contribution is 6.33. The van der Waals surface area contributed by atoms with Crippen LogP contribution < -0.4 is 21.1 Å². The fourth-order valence-electron chi connectivity index (χ4n) is 4.95. The number of allylic oxidation sites excluding steroid dienone is 2. The Hall–Kier alpha value is -3.38. The number of aromatic nitrogens is 4. The van der Waals surface area contributed by atoms with E-state index in [9.17, 15) is 22.8 Å². The number of fused-ring (bicyclic) bond motifs is 1. The van der Waals surface area contributed by atoms with Gasteiger partial charge >= 0.3 is 6.18 Å². The van der Waals surface area contributed by atoms with Gasteiger partial charge in [-0.05, 0) is 49.5 Å². The molecule has 0 bridgehead atoms. The highest BCUT2D eigenvalue weighted by atomic mass is 35.5. The second-order valence-corrected chi connectivity index (χ2v) is 9.69. The maximum atomic E-state index is 13.7. The number of halogens is 4. The zero-order valence-corrected chi connectivity index (χ0v) is 21.5. The molecule has 38 heavy (non-hydrogen) atoms. The SMILES string of the molecule is CCc1c(N2CCNCC2)c(=O)n2nc(C3=CCCC3)nc2n1CC(=O)Nc1ccc(C(F)(F)F)cc1Cl. The van der Waals surface area contributed by atoms with Crippen molar-refractivity contribution < 1.29 is 18.0 Å². The molecule has 5 rings (SSSR count). The van der Waals surface area contributed by atoms with E-state index in [4.69, 9.17) is 11.6 Å². The van der Waals surface area contributed by atoms with E-state index in [1.807, 2.05) is 11.8 Å². The number of carbonyl (C=O) groups excluding carboxylic acids is 1. The summed E-state index contributed by atoms with van der Waals surface area (Å²) in [4.78, 5) is 33.5. The smallest absolute Gasteiger partial charge is 0.363 e. The van der Waals surface area contributed by atoms with E-state index < -0.39 is 17.6 Å². The molecule has 3 heterocycles. The highest BCUT2D eigenvalue weighted by Gasteiger charge is 2.31. The van der Waals surface area contributed by atoms with E-state index in [0.717, 1.165) is 43.0 Å². The van der Waals surface area contributed by atoms with E-state index in [1.54, 1.807) is 4.57 Å². The summed E-state index contributed by atoms with van der Waals surface area (Å²) >= 11 is 6.05. The van der Waals surface area contributed by atoms with Crippen molar-refractivity contribution in [2.75, 3.05) is 36.4 Å². The van der Waals surface area contributed by atoms with Gasteiger partial charge in [-0.1, -0.05) is 24.6 Å². The maximum Gasteiger partial charge on any atom is 0.416 e. The van der Waals surface area contributed by atoms with Crippen molar-refractivity contribution in [2.24, 2.45) is 0 Å². The van der Waals surface area contributed by atoms with Gasteiger partial charge in [0.1, 0.15) is 12.2 Å². The molecule has 2 aliphatic rings. The van der Waals surface area contributed by atoms with E-state index in [-0.39, 0.29) is 28.6 Å². The number of nitrogens with zero attached hydrogens (tertiary/aromatic N) is 5. The Bertz CT molecular complexity index is 1470. The maximum absolute atomic E-state index is 13.7. The van der Waals surface area contributed by atoms with Gasteiger partial charge in [-0.2, -0.15) is 22.7 Å². The van der Waals surface area contributed by atoms with E-state index in [2.05, 4.69) is 26.8 Å². The molecular formula is C25H27ClF3N7O2. The number of alkyl halides is 3. The lowest BCUT2D eigenvalue weighted by atomic mass is 10.2. The Kier molecular flexibility index (Phi) is 7.19. The zero-order chi connectivity index (χ0) is 27.0. The molecule has 3 aromatic rings. The van der Waals surface area contributed by atoms with Crippen molar-refractivity contribution >= 4 is 40.2 Å². The number of amides is 1. The largest absolute Gasteiger partial charge is 0.416 e. The lowest BCUT2D eigenvalue weighted by Crippen LogP contribution is -2.47. The Morgan fingerprint density at radius 2 is 2.00 bits per heavy atom. The molecule has 0 saturated carbocycles. The number of benzene rings is 1. The van der Waals surface area contributed by atoms with Crippen LogP contribution in [0.4, 0.5) is 24.5 Å². The van der Waals surface area contributed by atoms with Crippen LogP contribution in [0.3, 0.4) is 0 Å². The predicted molar refractivity (Wildman–Crippen MR) is 139 cm³/mol. The van der Waals surface area contributed by atoms with Crippen molar-refractivity contribution in [2.45, 2.75) is 45.3 Å². The molecule has 0 atom stereocenters. The van der Waals surface area contributed by atoms with Crippen LogP contribution in [0.5, 0.6) is 0 Å². The van der Waals surface area contributed by atoms with E-state index >= 15 is 0 Å². The first kappa shape index (κ1) is 26.2. The quantitative estimate of drug-likeness (QED) is 0.486. The molecule has 0 spiro atoms. The number of rotatable bonds is 6. The topological polar surface area (TPSA) is 96.6 Å². The average molecular weight is 550 g/mol. The summed E-state index contributed by atoms with van der Waals surface area (Å²) in [6.45, 7) is 4.32. The van der Waals surface area contributed by atoms with Crippen molar-refractivity contribution in [3.8, 4) is 0 Å². The Balaban J connectivity index is 1.56. The molecule has 1 aliphatic carbocycles. The third kappa shape index (κ3) is 5.02. The lowest BCUT2D eigenvalue weighted by Gasteiger charge is -2.31. The molecule has 9 nitrogen and oxygen atoms in total. The standard InChI is InChI=1S/C25H27ClF3N7O2/c1-2-19-21(34-11-9-30-10-12-34)23(38)36-24(32-22(33-36)15-5-3-4-6-15)35(19)14-20(37)31-18-8-7-16(13-17(18)26)25(27,28)29/h5,7-8,13,30H,2-4,6,9-12,14H2,1H3,(H,31,37). The second kappa shape index (κ2) is 10.4. The fraction of sp³-hybridized carbons (Fsp3) is 0.440. The Morgan fingerprint density at radius 1 is 1.24 bits per heavy atom. The van der Waals surface area contributed by atoms with Gasteiger partial charge in [0.15, 0.2) is 5.82 Å². The highest BCUT2D eigenvalue weighted by Crippen LogP contribution is 2.34. The van der Waals surface area contributed by atoms with Crippen LogP contribution in [0, 0.1) is 0 Å². The summed E-state index contributed by atoms with van der Waals surface area (Å²) < 4.78 is 42.0. The average Bonchev–Trinajstić information content (AvgIpc) is 3.57. The minimum absolute atomic E-state index is 0.0559. The first-order chi connectivity index (χ1) is 18.2. The summed E-state index contributed by atoms with van der Waals surface area (Å²) in [5.74, 6) is 0.170. The minimum atomic E-state index is -4.55. The summed E-state index contributed by atoms with van der Waals surface area (Å²) in [5, 5.41) is 10.2. The lowest BCUT2D eigenvalue weighted by molar-refractivity contribution is -0.137. The molecule has 0 radical (unpaired) electrons. The van der Waals surface area contributed by atoms with Crippen molar-refractivity contribution in [1.82, 2.24) is 24.5 Å². The van der Waals surface area contributed by atoms with Gasteiger partial charge in [0.25, 0.3) is 5.56 Å². The van der Waals surface area contributed by atoms with Gasteiger partial charge in [-0.25, -0.2) is 0 Å². The molecule has 1 saturated heterocycles. The number of hydrogen-bond donors (Lipinski definition) is 2. The van der Waals surface area contributed by atoms with Crippen LogP contribution in [0.25, 0.3) is 11.4 Å². The Labute approximate surface area is 221 Å². The van der Waals surface area contributed by atoms with E-state index in [1.165, 1.54) is 4.52 Å². The summed E-state index contributed by atoms with van der Waals surface area (Å²) in [6.07, 6.45) is 0.661. The summed E-state index contributed by atoms with van der Waals surface area (Å²) in [6, 6.07) is 2.76. The summed E-state index contributed by atoms with van der Waals surface area (Å²) in [5.41, 5.74) is 0.922. The van der Waals surface area contributed by atoms with Crippen molar-refractivity contribution in [1.29, 1.82) is 0 Å². The van der Waals surface area contributed by atoms with Crippen LogP contribution in [0.1, 0.15) is 43.3 Å². The number of piperazine rings is 1.